The van der Waals surface area contributed by atoms with Crippen LogP contribution in [0, 0.1) is 0 Å². The summed E-state index contributed by atoms with van der Waals surface area (Å²) in [7, 11) is 0. The van der Waals surface area contributed by atoms with Gasteiger partial charge < -0.3 is 10.6 Å². The average Bonchev–Trinajstić information content (AvgIpc) is 3.14. The molecule has 7 nitrogen and oxygen atoms in total. The third kappa shape index (κ3) is 4.32. The molecule has 2 amide bonds. The summed E-state index contributed by atoms with van der Waals surface area (Å²) in [5, 5.41) is 13.6. The zero-order valence-corrected chi connectivity index (χ0v) is 14.3. The largest absolute Gasteiger partial charge is 0.352 e. The summed E-state index contributed by atoms with van der Waals surface area (Å²) in [4.78, 5) is 23.3. The van der Waals surface area contributed by atoms with Crippen LogP contribution in [0.4, 0.5) is 0 Å². The fourth-order valence-electron chi connectivity index (χ4n) is 2.45. The Balaban J connectivity index is 1.61. The summed E-state index contributed by atoms with van der Waals surface area (Å²) in [6.45, 7) is 2.18. The molecule has 1 aromatic heterocycles. The predicted molar refractivity (Wildman–Crippen MR) is 96.5 cm³/mol. The maximum atomic E-state index is 12.3. The van der Waals surface area contributed by atoms with Crippen LogP contribution >= 0.6 is 0 Å². The lowest BCUT2D eigenvalue weighted by atomic mass is 10.1. The average molecular weight is 349 g/mol. The van der Waals surface area contributed by atoms with Gasteiger partial charge in [0.15, 0.2) is 5.82 Å². The van der Waals surface area contributed by atoms with E-state index in [1.165, 1.54) is 6.92 Å². The number of benzene rings is 2. The Morgan fingerprint density at radius 1 is 0.962 bits per heavy atom. The summed E-state index contributed by atoms with van der Waals surface area (Å²) in [5.74, 6) is 0.361. The van der Waals surface area contributed by atoms with Gasteiger partial charge >= 0.3 is 0 Å². The Morgan fingerprint density at radius 3 is 2.38 bits per heavy atom. The van der Waals surface area contributed by atoms with Crippen molar-refractivity contribution >= 4 is 11.8 Å². The van der Waals surface area contributed by atoms with E-state index in [2.05, 4.69) is 20.8 Å². The van der Waals surface area contributed by atoms with Crippen molar-refractivity contribution in [1.29, 1.82) is 0 Å². The second-order valence-electron chi connectivity index (χ2n) is 5.74. The minimum Gasteiger partial charge on any atom is -0.352 e. The van der Waals surface area contributed by atoms with Gasteiger partial charge in [0.25, 0.3) is 5.91 Å². The molecule has 1 heterocycles. The fraction of sp³-hybridized carbons (Fsp3) is 0.158. The number of hydrogen-bond donors (Lipinski definition) is 2. The zero-order valence-electron chi connectivity index (χ0n) is 14.3. The number of nitrogens with zero attached hydrogens (tertiary/aromatic N) is 3. The van der Waals surface area contributed by atoms with Crippen molar-refractivity contribution in [3.05, 3.63) is 77.9 Å². The van der Waals surface area contributed by atoms with Crippen molar-refractivity contribution in [2.24, 2.45) is 0 Å². The van der Waals surface area contributed by atoms with Crippen LogP contribution in [-0.4, -0.2) is 26.6 Å². The Bertz CT molecular complexity index is 888. The molecule has 0 saturated carbocycles. The number of para-hydroxylation sites is 1. The van der Waals surface area contributed by atoms with Gasteiger partial charge in [-0.1, -0.05) is 30.3 Å². The topological polar surface area (TPSA) is 88.9 Å². The van der Waals surface area contributed by atoms with Crippen molar-refractivity contribution in [2.75, 3.05) is 0 Å². The van der Waals surface area contributed by atoms with Crippen molar-refractivity contribution in [3.8, 4) is 5.69 Å². The minimum absolute atomic E-state index is 0.0886. The molecule has 0 spiro atoms. The van der Waals surface area contributed by atoms with Crippen LogP contribution in [0.15, 0.2) is 60.9 Å². The Kier molecular flexibility index (Phi) is 5.38. The van der Waals surface area contributed by atoms with Gasteiger partial charge in [0, 0.05) is 24.7 Å². The molecule has 2 aromatic carbocycles. The second-order valence-corrected chi connectivity index (χ2v) is 5.74. The fourth-order valence-corrected chi connectivity index (χ4v) is 2.45. The van der Waals surface area contributed by atoms with Gasteiger partial charge in [-0.05, 0) is 29.8 Å². The molecule has 0 atom stereocenters. The molecule has 0 unspecified atom stereocenters. The predicted octanol–water partition coefficient (Wildman–Crippen LogP) is 1.83. The van der Waals surface area contributed by atoms with Gasteiger partial charge in [-0.15, -0.1) is 10.2 Å². The molecular weight excluding hydrogens is 330 g/mol. The van der Waals surface area contributed by atoms with Crippen molar-refractivity contribution in [3.63, 3.8) is 0 Å². The van der Waals surface area contributed by atoms with Gasteiger partial charge in [0.1, 0.15) is 6.33 Å². The molecule has 0 fully saturated rings. The summed E-state index contributed by atoms with van der Waals surface area (Å²) in [6.07, 6.45) is 1.62. The van der Waals surface area contributed by atoms with E-state index in [1.807, 2.05) is 47.0 Å². The molecule has 132 valence electrons. The maximum Gasteiger partial charge on any atom is 0.251 e. The lowest BCUT2D eigenvalue weighted by Gasteiger charge is -2.08. The molecule has 7 heteroatoms. The van der Waals surface area contributed by atoms with Crippen molar-refractivity contribution in [2.45, 2.75) is 20.0 Å². The molecule has 0 bridgehead atoms. The maximum absolute atomic E-state index is 12.3. The number of rotatable bonds is 6. The highest BCUT2D eigenvalue weighted by Crippen LogP contribution is 2.09. The van der Waals surface area contributed by atoms with Gasteiger partial charge in [-0.3, -0.25) is 14.2 Å². The molecule has 0 aliphatic heterocycles. The van der Waals surface area contributed by atoms with E-state index in [0.717, 1.165) is 11.3 Å². The minimum atomic E-state index is -0.196. The highest BCUT2D eigenvalue weighted by atomic mass is 16.2. The van der Waals surface area contributed by atoms with E-state index in [9.17, 15) is 9.59 Å². The quantitative estimate of drug-likeness (QED) is 0.711. The number of carbonyl (C=O) groups excluding carboxylic acids is 2. The van der Waals surface area contributed by atoms with Gasteiger partial charge in [0.05, 0.1) is 6.54 Å². The van der Waals surface area contributed by atoms with E-state index in [1.54, 1.807) is 18.5 Å². The standard InChI is InChI=1S/C19H19N5O2/c1-14(25)20-11-15-7-9-16(10-8-15)19(26)21-12-18-23-22-13-24(18)17-5-3-2-4-6-17/h2-10,13H,11-12H2,1H3,(H,20,25)(H,21,26). The van der Waals surface area contributed by atoms with Crippen molar-refractivity contribution < 1.29 is 9.59 Å². The highest BCUT2D eigenvalue weighted by Gasteiger charge is 2.10. The van der Waals surface area contributed by atoms with Crippen LogP contribution in [0.25, 0.3) is 5.69 Å². The van der Waals surface area contributed by atoms with Crippen LogP contribution in [0.1, 0.15) is 28.7 Å². The number of carbonyl (C=O) groups is 2. The molecule has 0 aliphatic carbocycles. The van der Waals surface area contributed by atoms with E-state index < -0.39 is 0 Å². The van der Waals surface area contributed by atoms with E-state index in [-0.39, 0.29) is 18.4 Å². The monoisotopic (exact) mass is 349 g/mol. The van der Waals surface area contributed by atoms with Gasteiger partial charge in [0.2, 0.25) is 5.91 Å². The van der Waals surface area contributed by atoms with Gasteiger partial charge in [-0.25, -0.2) is 0 Å². The van der Waals surface area contributed by atoms with Crippen LogP contribution in [-0.2, 0) is 17.9 Å². The van der Waals surface area contributed by atoms with Crippen LogP contribution in [0.5, 0.6) is 0 Å². The van der Waals surface area contributed by atoms with E-state index in [0.29, 0.717) is 17.9 Å². The third-order valence-electron chi connectivity index (χ3n) is 3.82. The molecule has 3 aromatic rings. The molecule has 26 heavy (non-hydrogen) atoms. The van der Waals surface area contributed by atoms with Crippen LogP contribution in [0.3, 0.4) is 0 Å². The molecule has 3 rings (SSSR count). The normalized spacial score (nSPS) is 10.3. The third-order valence-corrected chi connectivity index (χ3v) is 3.82. The van der Waals surface area contributed by atoms with Crippen LogP contribution < -0.4 is 10.6 Å². The molecule has 0 aliphatic rings. The summed E-state index contributed by atoms with van der Waals surface area (Å²) in [6, 6.07) is 16.8. The number of amides is 2. The SMILES string of the molecule is CC(=O)NCc1ccc(C(=O)NCc2nncn2-c2ccccc2)cc1. The van der Waals surface area contributed by atoms with E-state index >= 15 is 0 Å². The summed E-state index contributed by atoms with van der Waals surface area (Å²) >= 11 is 0. The first-order valence-electron chi connectivity index (χ1n) is 8.19. The van der Waals surface area contributed by atoms with Crippen LogP contribution in [0.2, 0.25) is 0 Å². The van der Waals surface area contributed by atoms with E-state index in [4.69, 9.17) is 0 Å². The molecule has 0 radical (unpaired) electrons. The van der Waals surface area contributed by atoms with Gasteiger partial charge in [-0.2, -0.15) is 0 Å². The smallest absolute Gasteiger partial charge is 0.251 e. The number of aromatic nitrogens is 3. The lowest BCUT2D eigenvalue weighted by Crippen LogP contribution is -2.24. The second kappa shape index (κ2) is 8.06. The zero-order chi connectivity index (χ0) is 18.4. The first kappa shape index (κ1) is 17.3. The first-order valence-corrected chi connectivity index (χ1v) is 8.19. The summed E-state index contributed by atoms with van der Waals surface area (Å²) in [5.41, 5.74) is 2.41. The number of hydrogen-bond acceptors (Lipinski definition) is 4. The lowest BCUT2D eigenvalue weighted by molar-refractivity contribution is -0.119. The Morgan fingerprint density at radius 2 is 1.69 bits per heavy atom. The Labute approximate surface area is 151 Å². The Hall–Kier alpha value is -3.48. The molecule has 0 saturated heterocycles. The summed E-state index contributed by atoms with van der Waals surface area (Å²) < 4.78 is 1.83. The first-order chi connectivity index (χ1) is 12.6. The molecule has 2 N–H and O–H groups in total. The number of nitrogens with one attached hydrogen (secondary N) is 2. The molecular formula is C19H19N5O2. The highest BCUT2D eigenvalue weighted by molar-refractivity contribution is 5.94. The van der Waals surface area contributed by atoms with Crippen molar-refractivity contribution in [1.82, 2.24) is 25.4 Å².